The monoisotopic (exact) mass is 413 g/mol. The zero-order valence-corrected chi connectivity index (χ0v) is 17.2. The summed E-state index contributed by atoms with van der Waals surface area (Å²) in [6, 6.07) is 15.1. The van der Waals surface area contributed by atoms with E-state index in [0.717, 1.165) is 29.7 Å². The van der Waals surface area contributed by atoms with Crippen LogP contribution in [0.3, 0.4) is 0 Å². The first-order chi connectivity index (χ1) is 13.9. The summed E-state index contributed by atoms with van der Waals surface area (Å²) in [5.74, 6) is 0.277. The Morgan fingerprint density at radius 1 is 1.17 bits per heavy atom. The fourth-order valence-corrected chi connectivity index (χ4v) is 4.86. The van der Waals surface area contributed by atoms with Crippen molar-refractivity contribution in [3.05, 3.63) is 59.8 Å². The molecule has 1 aliphatic heterocycles. The molecule has 29 heavy (non-hydrogen) atoms. The van der Waals surface area contributed by atoms with Crippen LogP contribution >= 0.6 is 0 Å². The van der Waals surface area contributed by atoms with Crippen molar-refractivity contribution in [1.29, 1.82) is 0 Å². The van der Waals surface area contributed by atoms with Gasteiger partial charge in [-0.25, -0.2) is 8.42 Å². The molecule has 0 aliphatic carbocycles. The van der Waals surface area contributed by atoms with Crippen LogP contribution in [0.2, 0.25) is 0 Å². The molecule has 0 bridgehead atoms. The van der Waals surface area contributed by atoms with Crippen molar-refractivity contribution in [2.75, 3.05) is 13.4 Å². The van der Waals surface area contributed by atoms with Crippen LogP contribution < -0.4 is 4.74 Å². The number of aryl methyl sites for hydroxylation is 1. The minimum absolute atomic E-state index is 0.0240. The van der Waals surface area contributed by atoms with Crippen LogP contribution in [0.15, 0.2) is 53.4 Å². The lowest BCUT2D eigenvalue weighted by Crippen LogP contribution is -2.06. The number of methoxy groups -OCH3 is 1. The SMILES string of the molecule is COC(=O)CC1CCn2c1cc1c(S(C)(=O)=O)cc(OCc3ccccc3)cc12. The van der Waals surface area contributed by atoms with E-state index in [4.69, 9.17) is 9.47 Å². The Kier molecular flexibility index (Phi) is 5.08. The molecule has 4 rings (SSSR count). The van der Waals surface area contributed by atoms with E-state index in [0.29, 0.717) is 24.2 Å². The van der Waals surface area contributed by atoms with Crippen LogP contribution in [0, 0.1) is 0 Å². The summed E-state index contributed by atoms with van der Waals surface area (Å²) in [5, 5.41) is 0.670. The first-order valence-electron chi connectivity index (χ1n) is 9.47. The Morgan fingerprint density at radius 2 is 1.93 bits per heavy atom. The van der Waals surface area contributed by atoms with Crippen molar-refractivity contribution in [3.8, 4) is 5.75 Å². The Balaban J connectivity index is 1.75. The maximum Gasteiger partial charge on any atom is 0.306 e. The molecule has 152 valence electrons. The number of hydrogen-bond acceptors (Lipinski definition) is 5. The average molecular weight is 413 g/mol. The van der Waals surface area contributed by atoms with E-state index >= 15 is 0 Å². The minimum atomic E-state index is -3.45. The van der Waals surface area contributed by atoms with Crippen molar-refractivity contribution in [1.82, 2.24) is 4.57 Å². The zero-order valence-electron chi connectivity index (χ0n) is 16.4. The highest BCUT2D eigenvalue weighted by Crippen LogP contribution is 2.40. The molecule has 0 amide bonds. The van der Waals surface area contributed by atoms with Gasteiger partial charge in [-0.1, -0.05) is 30.3 Å². The summed E-state index contributed by atoms with van der Waals surface area (Å²) in [5.41, 5.74) is 2.79. The largest absolute Gasteiger partial charge is 0.489 e. The van der Waals surface area contributed by atoms with E-state index in [1.54, 1.807) is 6.07 Å². The van der Waals surface area contributed by atoms with Crippen LogP contribution in [0.4, 0.5) is 0 Å². The molecule has 6 nitrogen and oxygen atoms in total. The highest BCUT2D eigenvalue weighted by molar-refractivity contribution is 7.91. The summed E-state index contributed by atoms with van der Waals surface area (Å²) in [6.45, 7) is 1.08. The van der Waals surface area contributed by atoms with E-state index in [9.17, 15) is 13.2 Å². The second kappa shape index (κ2) is 7.55. The summed E-state index contributed by atoms with van der Waals surface area (Å²) >= 11 is 0. The first-order valence-corrected chi connectivity index (χ1v) is 11.4. The smallest absolute Gasteiger partial charge is 0.306 e. The molecule has 0 spiro atoms. The Labute approximate surface area is 170 Å². The van der Waals surface area contributed by atoms with Gasteiger partial charge in [0.2, 0.25) is 0 Å². The van der Waals surface area contributed by atoms with Gasteiger partial charge in [-0.15, -0.1) is 0 Å². The van der Waals surface area contributed by atoms with Gasteiger partial charge in [0, 0.05) is 35.9 Å². The number of carbonyl (C=O) groups is 1. The maximum absolute atomic E-state index is 12.5. The van der Waals surface area contributed by atoms with E-state index in [1.165, 1.54) is 13.4 Å². The van der Waals surface area contributed by atoms with Crippen LogP contribution in [0.1, 0.15) is 30.0 Å². The highest BCUT2D eigenvalue weighted by Gasteiger charge is 2.29. The minimum Gasteiger partial charge on any atom is -0.489 e. The molecule has 1 aromatic heterocycles. The highest BCUT2D eigenvalue weighted by atomic mass is 32.2. The molecule has 2 aromatic carbocycles. The number of ether oxygens (including phenoxy) is 2. The molecule has 0 fully saturated rings. The van der Waals surface area contributed by atoms with Crippen LogP contribution in [-0.2, 0) is 32.5 Å². The lowest BCUT2D eigenvalue weighted by atomic mass is 10.0. The van der Waals surface area contributed by atoms with Gasteiger partial charge < -0.3 is 14.0 Å². The van der Waals surface area contributed by atoms with E-state index in [2.05, 4.69) is 4.57 Å². The number of rotatable bonds is 6. The average Bonchev–Trinajstić information content (AvgIpc) is 3.25. The molecule has 1 aliphatic rings. The Hall–Kier alpha value is -2.80. The lowest BCUT2D eigenvalue weighted by molar-refractivity contribution is -0.141. The normalized spacial score (nSPS) is 16.0. The van der Waals surface area contributed by atoms with Gasteiger partial charge in [0.15, 0.2) is 9.84 Å². The van der Waals surface area contributed by atoms with Gasteiger partial charge in [0.25, 0.3) is 0 Å². The number of hydrogen-bond donors (Lipinski definition) is 0. The van der Waals surface area contributed by atoms with E-state index < -0.39 is 9.84 Å². The van der Waals surface area contributed by atoms with Crippen LogP contribution in [0.5, 0.6) is 5.75 Å². The third-order valence-corrected chi connectivity index (χ3v) is 6.53. The second-order valence-corrected chi connectivity index (χ2v) is 9.37. The zero-order chi connectivity index (χ0) is 20.6. The van der Waals surface area contributed by atoms with Gasteiger partial charge in [0.1, 0.15) is 12.4 Å². The molecule has 0 N–H and O–H groups in total. The van der Waals surface area contributed by atoms with Gasteiger partial charge >= 0.3 is 5.97 Å². The second-order valence-electron chi connectivity index (χ2n) is 7.39. The number of carbonyl (C=O) groups excluding carboxylic acids is 1. The number of aromatic nitrogens is 1. The standard InChI is InChI=1S/C22H23NO5S/c1-27-22(24)10-16-8-9-23-19(16)13-18-20(23)11-17(12-21(18)29(2,25)26)28-14-15-6-4-3-5-7-15/h3-7,11-13,16H,8-10,14H2,1-2H3. The molecule has 3 aromatic rings. The molecule has 2 heterocycles. The molecule has 0 saturated carbocycles. The van der Waals surface area contributed by atoms with E-state index in [1.807, 2.05) is 42.5 Å². The third-order valence-electron chi connectivity index (χ3n) is 5.40. The van der Waals surface area contributed by atoms with Crippen molar-refractivity contribution in [2.24, 2.45) is 0 Å². The van der Waals surface area contributed by atoms with Crippen molar-refractivity contribution in [2.45, 2.75) is 36.8 Å². The maximum atomic E-state index is 12.5. The lowest BCUT2D eigenvalue weighted by Gasteiger charge is -2.10. The fourth-order valence-electron chi connectivity index (χ4n) is 3.96. The number of fused-ring (bicyclic) bond motifs is 3. The molecule has 1 atom stereocenters. The van der Waals surface area contributed by atoms with E-state index in [-0.39, 0.29) is 16.8 Å². The van der Waals surface area contributed by atoms with Gasteiger partial charge in [-0.05, 0) is 24.1 Å². The fraction of sp³-hybridized carbons (Fsp3) is 0.318. The van der Waals surface area contributed by atoms with Crippen molar-refractivity contribution in [3.63, 3.8) is 0 Å². The molecule has 0 radical (unpaired) electrons. The molecule has 0 saturated heterocycles. The Morgan fingerprint density at radius 3 is 2.62 bits per heavy atom. The predicted molar refractivity (Wildman–Crippen MR) is 110 cm³/mol. The quantitative estimate of drug-likeness (QED) is 0.577. The molecular weight excluding hydrogens is 390 g/mol. The van der Waals surface area contributed by atoms with Crippen molar-refractivity contribution < 1.29 is 22.7 Å². The first kappa shape index (κ1) is 19.5. The number of sulfone groups is 1. The summed E-state index contributed by atoms with van der Waals surface area (Å²) in [4.78, 5) is 12.0. The topological polar surface area (TPSA) is 74.6 Å². The molecular formula is C22H23NO5S. The predicted octanol–water partition coefficient (Wildman–Crippen LogP) is 3.67. The third kappa shape index (κ3) is 3.87. The summed E-state index contributed by atoms with van der Waals surface area (Å²) in [7, 11) is -2.07. The number of benzene rings is 2. The number of nitrogens with zero attached hydrogens (tertiary/aromatic N) is 1. The molecule has 1 unspecified atom stereocenters. The summed E-state index contributed by atoms with van der Waals surface area (Å²) < 4.78 is 37.8. The van der Waals surface area contributed by atoms with Gasteiger partial charge in [-0.3, -0.25) is 4.79 Å². The van der Waals surface area contributed by atoms with Crippen molar-refractivity contribution >= 4 is 26.7 Å². The summed E-state index contributed by atoms with van der Waals surface area (Å²) in [6.07, 6.45) is 2.32. The number of esters is 1. The van der Waals surface area contributed by atoms with Crippen LogP contribution in [-0.4, -0.2) is 32.3 Å². The van der Waals surface area contributed by atoms with Crippen LogP contribution in [0.25, 0.3) is 10.9 Å². The Bertz CT molecular complexity index is 1160. The van der Waals surface area contributed by atoms with Gasteiger partial charge in [-0.2, -0.15) is 0 Å². The van der Waals surface area contributed by atoms with Gasteiger partial charge in [0.05, 0.1) is 23.9 Å². The molecule has 7 heteroatoms.